The Morgan fingerprint density at radius 1 is 1.00 bits per heavy atom. The summed E-state index contributed by atoms with van der Waals surface area (Å²) in [5.41, 5.74) is 0.864. The summed E-state index contributed by atoms with van der Waals surface area (Å²) in [6.07, 6.45) is -1.29. The van der Waals surface area contributed by atoms with E-state index in [2.05, 4.69) is 10.0 Å². The number of rotatable bonds is 10. The highest BCUT2D eigenvalue weighted by Crippen LogP contribution is 2.26. The Balaban J connectivity index is 1.74. The molecule has 0 aliphatic rings. The van der Waals surface area contributed by atoms with E-state index in [1.165, 1.54) is 6.07 Å². The van der Waals surface area contributed by atoms with E-state index in [0.29, 0.717) is 23.6 Å². The highest BCUT2D eigenvalue weighted by Gasteiger charge is 2.27. The number of thiophene rings is 1. The zero-order valence-electron chi connectivity index (χ0n) is 17.2. The Bertz CT molecular complexity index is 1150. The first kappa shape index (κ1) is 23.5. The molecule has 0 fully saturated rings. The summed E-state index contributed by atoms with van der Waals surface area (Å²) in [5, 5.41) is 4.33. The molecular formula is C22H22N2O6S2. The summed E-state index contributed by atoms with van der Waals surface area (Å²) in [7, 11) is -3.84. The molecule has 2 aromatic carbocycles. The number of esters is 1. The first-order valence-corrected chi connectivity index (χ1v) is 12.1. The lowest BCUT2D eigenvalue weighted by atomic mass is 10.1. The molecule has 0 bridgehead atoms. The molecule has 3 aromatic rings. The van der Waals surface area contributed by atoms with Gasteiger partial charge in [-0.2, -0.15) is 4.72 Å². The molecule has 0 saturated heterocycles. The van der Waals surface area contributed by atoms with Gasteiger partial charge in [0.2, 0.25) is 6.10 Å². The van der Waals surface area contributed by atoms with Crippen LogP contribution >= 0.6 is 11.3 Å². The molecule has 2 N–H and O–H groups in total. The predicted octanol–water partition coefficient (Wildman–Crippen LogP) is 3.35. The molecule has 168 valence electrons. The van der Waals surface area contributed by atoms with Crippen LogP contribution in [0.25, 0.3) is 0 Å². The summed E-state index contributed by atoms with van der Waals surface area (Å²) in [5.74, 6) is -1.02. The first-order chi connectivity index (χ1) is 15.4. The molecule has 32 heavy (non-hydrogen) atoms. The number of ether oxygens (including phenoxy) is 2. The molecular weight excluding hydrogens is 452 g/mol. The minimum atomic E-state index is -3.84. The smallest absolute Gasteiger partial charge is 0.322 e. The molecule has 0 aliphatic carbocycles. The predicted molar refractivity (Wildman–Crippen MR) is 121 cm³/mol. The van der Waals surface area contributed by atoms with Crippen LogP contribution in [0.2, 0.25) is 0 Å². The fraction of sp³-hybridized carbons (Fsp3) is 0.182. The third kappa shape index (κ3) is 6.16. The zero-order chi connectivity index (χ0) is 23.0. The van der Waals surface area contributed by atoms with Crippen LogP contribution in [-0.2, 0) is 24.3 Å². The van der Waals surface area contributed by atoms with Gasteiger partial charge in [-0.3, -0.25) is 9.59 Å². The number of sulfonamides is 1. The monoisotopic (exact) mass is 474 g/mol. The topological polar surface area (TPSA) is 111 Å². The highest BCUT2D eigenvalue weighted by molar-refractivity contribution is 7.91. The maximum absolute atomic E-state index is 13.0. The van der Waals surface area contributed by atoms with E-state index in [9.17, 15) is 18.0 Å². The van der Waals surface area contributed by atoms with Crippen LogP contribution < -0.4 is 14.8 Å². The number of carbonyl (C=O) groups is 2. The van der Waals surface area contributed by atoms with Gasteiger partial charge in [-0.25, -0.2) is 8.42 Å². The second kappa shape index (κ2) is 10.9. The minimum absolute atomic E-state index is 0.0789. The number of nitrogens with one attached hydrogen (secondary N) is 2. The van der Waals surface area contributed by atoms with Gasteiger partial charge in [0.05, 0.1) is 12.3 Å². The Hall–Kier alpha value is -3.21. The van der Waals surface area contributed by atoms with Crippen LogP contribution in [0.4, 0.5) is 5.69 Å². The van der Waals surface area contributed by atoms with Crippen molar-refractivity contribution in [1.82, 2.24) is 4.72 Å². The van der Waals surface area contributed by atoms with Gasteiger partial charge in [-0.1, -0.05) is 48.5 Å². The number of para-hydroxylation sites is 2. The second-order valence-corrected chi connectivity index (χ2v) is 9.40. The largest absolute Gasteiger partial charge is 0.492 e. The molecule has 0 aliphatic heterocycles. The number of amides is 1. The maximum atomic E-state index is 13.0. The molecule has 1 atom stereocenters. The highest BCUT2D eigenvalue weighted by atomic mass is 32.2. The Morgan fingerprint density at radius 3 is 2.41 bits per heavy atom. The zero-order valence-corrected chi connectivity index (χ0v) is 18.8. The fourth-order valence-corrected chi connectivity index (χ4v) is 4.77. The van der Waals surface area contributed by atoms with Gasteiger partial charge in [0.15, 0.2) is 0 Å². The van der Waals surface area contributed by atoms with E-state index in [0.717, 1.165) is 11.3 Å². The number of benzene rings is 2. The van der Waals surface area contributed by atoms with Gasteiger partial charge in [-0.05, 0) is 30.5 Å². The standard InChI is InChI=1S/C22H22N2O6S2/c1-2-29-18-12-7-6-11-17(18)24-22(26)21(16-9-4-3-5-10-16)30-19(25)15-23-32(27,28)20-13-8-14-31-20/h3-14,21,23H,2,15H2,1H3,(H,24,26)/t21-/m1/s1. The van der Waals surface area contributed by atoms with Gasteiger partial charge >= 0.3 is 5.97 Å². The maximum Gasteiger partial charge on any atom is 0.322 e. The molecule has 0 saturated carbocycles. The second-order valence-electron chi connectivity index (χ2n) is 6.46. The lowest BCUT2D eigenvalue weighted by Gasteiger charge is -2.19. The third-order valence-electron chi connectivity index (χ3n) is 4.20. The molecule has 0 radical (unpaired) electrons. The summed E-state index contributed by atoms with van der Waals surface area (Å²) < 4.78 is 37.6. The number of hydrogen-bond acceptors (Lipinski definition) is 7. The minimum Gasteiger partial charge on any atom is -0.492 e. The summed E-state index contributed by atoms with van der Waals surface area (Å²) in [4.78, 5) is 25.4. The van der Waals surface area contributed by atoms with Gasteiger partial charge in [0.1, 0.15) is 16.5 Å². The molecule has 1 aromatic heterocycles. The molecule has 10 heteroatoms. The average molecular weight is 475 g/mol. The lowest BCUT2D eigenvalue weighted by Crippen LogP contribution is -2.33. The van der Waals surface area contributed by atoms with Gasteiger partial charge < -0.3 is 14.8 Å². The summed E-state index contributed by atoms with van der Waals surface area (Å²) in [6, 6.07) is 18.4. The Morgan fingerprint density at radius 2 is 1.72 bits per heavy atom. The normalized spacial score (nSPS) is 12.0. The van der Waals surface area contributed by atoms with Crippen LogP contribution in [0.1, 0.15) is 18.6 Å². The summed E-state index contributed by atoms with van der Waals surface area (Å²) >= 11 is 1.03. The first-order valence-electron chi connectivity index (χ1n) is 9.71. The molecule has 3 rings (SSSR count). The summed E-state index contributed by atoms with van der Waals surface area (Å²) in [6.45, 7) is 1.62. The van der Waals surface area contributed by atoms with Crippen molar-refractivity contribution in [1.29, 1.82) is 0 Å². The van der Waals surface area contributed by atoms with E-state index in [1.807, 2.05) is 6.92 Å². The Kier molecular flexibility index (Phi) is 7.98. The van der Waals surface area contributed by atoms with Gasteiger partial charge in [0, 0.05) is 5.56 Å². The van der Waals surface area contributed by atoms with Crippen molar-refractivity contribution in [2.45, 2.75) is 17.2 Å². The van der Waals surface area contributed by atoms with Crippen molar-refractivity contribution in [3.05, 3.63) is 77.7 Å². The van der Waals surface area contributed by atoms with Crippen molar-refractivity contribution in [3.8, 4) is 5.75 Å². The van der Waals surface area contributed by atoms with Gasteiger partial charge in [-0.15, -0.1) is 11.3 Å². The number of carbonyl (C=O) groups excluding carboxylic acids is 2. The SMILES string of the molecule is CCOc1ccccc1NC(=O)[C@H](OC(=O)CNS(=O)(=O)c1cccs1)c1ccccc1. The quantitative estimate of drug-likeness (QED) is 0.436. The molecule has 1 amide bonds. The number of anilines is 1. The van der Waals surface area contributed by atoms with Crippen LogP contribution in [0.5, 0.6) is 5.75 Å². The van der Waals surface area contributed by atoms with Crippen LogP contribution in [0, 0.1) is 0 Å². The van der Waals surface area contributed by atoms with E-state index in [4.69, 9.17) is 9.47 Å². The molecule has 8 nitrogen and oxygen atoms in total. The molecule has 0 unspecified atom stereocenters. The fourth-order valence-electron chi connectivity index (χ4n) is 2.76. The number of hydrogen-bond donors (Lipinski definition) is 2. The lowest BCUT2D eigenvalue weighted by molar-refractivity contribution is -0.153. The van der Waals surface area contributed by atoms with E-state index >= 15 is 0 Å². The molecule has 1 heterocycles. The molecule has 0 spiro atoms. The van der Waals surface area contributed by atoms with Crippen molar-refractivity contribution in [2.24, 2.45) is 0 Å². The third-order valence-corrected chi connectivity index (χ3v) is 7.00. The van der Waals surface area contributed by atoms with E-state index in [-0.39, 0.29) is 4.21 Å². The van der Waals surface area contributed by atoms with Crippen molar-refractivity contribution < 1.29 is 27.5 Å². The Labute approximate surface area is 190 Å². The van der Waals surface area contributed by atoms with Crippen molar-refractivity contribution in [2.75, 3.05) is 18.5 Å². The van der Waals surface area contributed by atoms with E-state index in [1.54, 1.807) is 66.0 Å². The van der Waals surface area contributed by atoms with Crippen LogP contribution in [-0.4, -0.2) is 33.4 Å². The van der Waals surface area contributed by atoms with Crippen LogP contribution in [0.3, 0.4) is 0 Å². The van der Waals surface area contributed by atoms with Crippen LogP contribution in [0.15, 0.2) is 76.3 Å². The van der Waals surface area contributed by atoms with Crippen molar-refractivity contribution >= 4 is 38.9 Å². The van der Waals surface area contributed by atoms with E-state index < -0.39 is 34.5 Å². The van der Waals surface area contributed by atoms with Crippen molar-refractivity contribution in [3.63, 3.8) is 0 Å². The average Bonchev–Trinajstić information content (AvgIpc) is 3.34. The van der Waals surface area contributed by atoms with Gasteiger partial charge in [0.25, 0.3) is 15.9 Å².